The monoisotopic (exact) mass is 317 g/mol. The molecule has 0 spiro atoms. The molecule has 0 radical (unpaired) electrons. The van der Waals surface area contributed by atoms with Crippen molar-refractivity contribution in [2.75, 3.05) is 13.1 Å². The first-order chi connectivity index (χ1) is 10.8. The van der Waals surface area contributed by atoms with E-state index in [1.807, 2.05) is 18.1 Å². The molecule has 124 valence electrons. The molecule has 0 bridgehead atoms. The summed E-state index contributed by atoms with van der Waals surface area (Å²) in [5.74, 6) is 1.41. The highest BCUT2D eigenvalue weighted by Gasteiger charge is 2.34. The highest BCUT2D eigenvalue weighted by atomic mass is 16.5. The quantitative estimate of drug-likeness (QED) is 0.847. The Balaban J connectivity index is 1.80. The minimum Gasteiger partial charge on any atom is -0.339 e. The van der Waals surface area contributed by atoms with Gasteiger partial charge in [-0.25, -0.2) is 0 Å². The number of aromatic nitrogens is 4. The maximum atomic E-state index is 12.9. The number of rotatable bonds is 2. The Bertz CT molecular complexity index is 725. The number of likely N-dealkylation sites (tertiary alicyclic amines) is 1. The molecular formula is C16H23N5O2. The summed E-state index contributed by atoms with van der Waals surface area (Å²) in [6, 6.07) is 0. The lowest BCUT2D eigenvalue weighted by atomic mass is 9.89. The van der Waals surface area contributed by atoms with E-state index in [0.717, 1.165) is 12.1 Å². The summed E-state index contributed by atoms with van der Waals surface area (Å²) < 4.78 is 6.96. The van der Waals surface area contributed by atoms with Gasteiger partial charge in [0.15, 0.2) is 5.82 Å². The second-order valence-electron chi connectivity index (χ2n) is 7.23. The van der Waals surface area contributed by atoms with Crippen LogP contribution in [0, 0.1) is 6.92 Å². The number of hydrogen-bond donors (Lipinski definition) is 0. The van der Waals surface area contributed by atoms with E-state index in [2.05, 4.69) is 36.0 Å². The lowest BCUT2D eigenvalue weighted by Crippen LogP contribution is -2.30. The van der Waals surface area contributed by atoms with Crippen LogP contribution in [0.4, 0.5) is 0 Å². The average Bonchev–Trinajstić information content (AvgIpc) is 3.15. The van der Waals surface area contributed by atoms with Crippen molar-refractivity contribution < 1.29 is 9.32 Å². The van der Waals surface area contributed by atoms with Gasteiger partial charge < -0.3 is 9.42 Å². The first-order valence-corrected chi connectivity index (χ1v) is 7.89. The molecule has 0 aliphatic carbocycles. The molecule has 3 heterocycles. The number of aryl methyl sites for hydroxylation is 2. The van der Waals surface area contributed by atoms with Crippen molar-refractivity contribution in [1.82, 2.24) is 24.8 Å². The van der Waals surface area contributed by atoms with Crippen LogP contribution in [0.3, 0.4) is 0 Å². The first-order valence-electron chi connectivity index (χ1n) is 7.89. The lowest BCUT2D eigenvalue weighted by Gasteiger charge is -2.20. The molecule has 3 rings (SSSR count). The topological polar surface area (TPSA) is 77.0 Å². The molecule has 7 heteroatoms. The predicted molar refractivity (Wildman–Crippen MR) is 84.2 cm³/mol. The van der Waals surface area contributed by atoms with Gasteiger partial charge in [0.25, 0.3) is 5.91 Å². The fraction of sp³-hybridized carbons (Fsp3) is 0.625. The molecule has 1 fully saturated rings. The molecule has 23 heavy (non-hydrogen) atoms. The minimum absolute atomic E-state index is 0.0294. The number of nitrogens with zero attached hydrogens (tertiary/aromatic N) is 5. The molecule has 1 atom stereocenters. The van der Waals surface area contributed by atoms with Crippen LogP contribution < -0.4 is 0 Å². The summed E-state index contributed by atoms with van der Waals surface area (Å²) in [5, 5.41) is 8.32. The molecule has 0 unspecified atom stereocenters. The fourth-order valence-electron chi connectivity index (χ4n) is 2.99. The number of amides is 1. The summed E-state index contributed by atoms with van der Waals surface area (Å²) in [6.07, 6.45) is 2.66. The zero-order valence-corrected chi connectivity index (χ0v) is 14.3. The van der Waals surface area contributed by atoms with Crippen molar-refractivity contribution in [1.29, 1.82) is 0 Å². The van der Waals surface area contributed by atoms with E-state index < -0.39 is 0 Å². The summed E-state index contributed by atoms with van der Waals surface area (Å²) in [7, 11) is 1.85. The Hall–Kier alpha value is -2.18. The number of hydrogen-bond acceptors (Lipinski definition) is 5. The molecule has 2 aromatic rings. The zero-order chi connectivity index (χ0) is 16.8. The highest BCUT2D eigenvalue weighted by Crippen LogP contribution is 2.30. The van der Waals surface area contributed by atoms with E-state index in [-0.39, 0.29) is 17.2 Å². The van der Waals surface area contributed by atoms with Crippen LogP contribution in [0.15, 0.2) is 10.7 Å². The van der Waals surface area contributed by atoms with Gasteiger partial charge >= 0.3 is 0 Å². The smallest absolute Gasteiger partial charge is 0.257 e. The second-order valence-corrected chi connectivity index (χ2v) is 7.23. The average molecular weight is 317 g/mol. The van der Waals surface area contributed by atoms with E-state index in [1.54, 1.807) is 11.6 Å². The van der Waals surface area contributed by atoms with Crippen LogP contribution in [0.5, 0.6) is 0 Å². The molecule has 7 nitrogen and oxygen atoms in total. The molecule has 2 aromatic heterocycles. The van der Waals surface area contributed by atoms with Crippen molar-refractivity contribution in [3.8, 4) is 0 Å². The van der Waals surface area contributed by atoms with Gasteiger partial charge in [0.05, 0.1) is 17.2 Å². The van der Waals surface area contributed by atoms with Crippen LogP contribution in [0.25, 0.3) is 0 Å². The van der Waals surface area contributed by atoms with Gasteiger partial charge in [-0.05, 0) is 13.3 Å². The van der Waals surface area contributed by atoms with Crippen molar-refractivity contribution in [3.63, 3.8) is 0 Å². The summed E-state index contributed by atoms with van der Waals surface area (Å²) >= 11 is 0. The Labute approximate surface area is 135 Å². The molecule has 1 aliphatic rings. The van der Waals surface area contributed by atoms with E-state index in [9.17, 15) is 4.79 Å². The summed E-state index contributed by atoms with van der Waals surface area (Å²) in [5.41, 5.74) is 1.35. The molecule has 0 saturated carbocycles. The minimum atomic E-state index is -0.172. The van der Waals surface area contributed by atoms with Crippen molar-refractivity contribution >= 4 is 5.91 Å². The molecule has 1 amide bonds. The van der Waals surface area contributed by atoms with Crippen LogP contribution in [-0.4, -0.2) is 43.8 Å². The molecule has 1 saturated heterocycles. The van der Waals surface area contributed by atoms with Crippen LogP contribution >= 0.6 is 0 Å². The second kappa shape index (κ2) is 5.47. The standard InChI is InChI=1S/C16H23N5O2/c1-10-17-14(23-19-10)11-6-7-21(8-11)15(22)12-9-20(5)18-13(12)16(2,3)4/h9,11H,6-8H2,1-5H3/t11-/m1/s1. The SMILES string of the molecule is Cc1noc([C@@H]2CCN(C(=O)c3cn(C)nc3C(C)(C)C)C2)n1. The fourth-order valence-corrected chi connectivity index (χ4v) is 2.99. The lowest BCUT2D eigenvalue weighted by molar-refractivity contribution is 0.0787. The Morgan fingerprint density at radius 1 is 1.39 bits per heavy atom. The number of carbonyl (C=O) groups is 1. The third kappa shape index (κ3) is 3.00. The third-order valence-electron chi connectivity index (χ3n) is 4.14. The number of carbonyl (C=O) groups excluding carboxylic acids is 1. The first kappa shape index (κ1) is 15.7. The maximum Gasteiger partial charge on any atom is 0.257 e. The molecular weight excluding hydrogens is 294 g/mol. The van der Waals surface area contributed by atoms with Crippen molar-refractivity contribution in [2.45, 2.75) is 45.4 Å². The van der Waals surface area contributed by atoms with Gasteiger partial charge in [-0.3, -0.25) is 9.48 Å². The Morgan fingerprint density at radius 3 is 2.74 bits per heavy atom. The molecule has 0 N–H and O–H groups in total. The van der Waals surface area contributed by atoms with Gasteiger partial charge in [-0.15, -0.1) is 0 Å². The van der Waals surface area contributed by atoms with Gasteiger partial charge in [-0.1, -0.05) is 25.9 Å². The van der Waals surface area contributed by atoms with E-state index >= 15 is 0 Å². The van der Waals surface area contributed by atoms with E-state index in [4.69, 9.17) is 4.52 Å². The van der Waals surface area contributed by atoms with E-state index in [0.29, 0.717) is 30.4 Å². The maximum absolute atomic E-state index is 12.9. The van der Waals surface area contributed by atoms with Crippen LogP contribution in [0.1, 0.15) is 60.9 Å². The normalized spacial score (nSPS) is 18.7. The van der Waals surface area contributed by atoms with Gasteiger partial charge in [0.2, 0.25) is 5.89 Å². The largest absolute Gasteiger partial charge is 0.339 e. The zero-order valence-electron chi connectivity index (χ0n) is 14.3. The predicted octanol–water partition coefficient (Wildman–Crippen LogP) is 2.04. The Kier molecular flexibility index (Phi) is 3.74. The third-order valence-corrected chi connectivity index (χ3v) is 4.14. The highest BCUT2D eigenvalue weighted by molar-refractivity contribution is 5.95. The Morgan fingerprint density at radius 2 is 2.13 bits per heavy atom. The van der Waals surface area contributed by atoms with Gasteiger partial charge in [0.1, 0.15) is 0 Å². The summed E-state index contributed by atoms with van der Waals surface area (Å²) in [6.45, 7) is 9.32. The molecule has 1 aliphatic heterocycles. The van der Waals surface area contributed by atoms with E-state index in [1.165, 1.54) is 0 Å². The van der Waals surface area contributed by atoms with Crippen molar-refractivity contribution in [3.05, 3.63) is 29.2 Å². The van der Waals surface area contributed by atoms with Crippen LogP contribution in [0.2, 0.25) is 0 Å². The summed E-state index contributed by atoms with van der Waals surface area (Å²) in [4.78, 5) is 19.1. The van der Waals surface area contributed by atoms with Gasteiger partial charge in [0, 0.05) is 31.7 Å². The van der Waals surface area contributed by atoms with Crippen molar-refractivity contribution in [2.24, 2.45) is 7.05 Å². The molecule has 0 aromatic carbocycles. The van der Waals surface area contributed by atoms with Gasteiger partial charge in [-0.2, -0.15) is 10.1 Å². The van der Waals surface area contributed by atoms with Crippen LogP contribution in [-0.2, 0) is 12.5 Å².